The van der Waals surface area contributed by atoms with E-state index >= 15 is 0 Å². The highest BCUT2D eigenvalue weighted by molar-refractivity contribution is 8.12. The highest BCUT2D eigenvalue weighted by Gasteiger charge is 2.25. The van der Waals surface area contributed by atoms with Crippen molar-refractivity contribution in [2.45, 2.75) is 38.0 Å². The molecule has 0 aromatic carbocycles. The highest BCUT2D eigenvalue weighted by Crippen LogP contribution is 2.08. The molecule has 22 heavy (non-hydrogen) atoms. The number of amides is 1. The zero-order valence-electron chi connectivity index (χ0n) is 11.8. The third-order valence-corrected chi connectivity index (χ3v) is 3.26. The van der Waals surface area contributed by atoms with Crippen LogP contribution in [0.25, 0.3) is 0 Å². The fraction of sp³-hybridized carbons (Fsp3) is 0.636. The van der Waals surface area contributed by atoms with E-state index in [4.69, 9.17) is 15.9 Å². The van der Waals surface area contributed by atoms with Crippen LogP contribution < -0.4 is 15.8 Å². The van der Waals surface area contributed by atoms with Crippen LogP contribution in [0.15, 0.2) is 0 Å². The molecule has 0 fully saturated rings. The van der Waals surface area contributed by atoms with Gasteiger partial charge in [-0.3, -0.25) is 19.2 Å². The molecule has 0 aliphatic heterocycles. The van der Waals surface area contributed by atoms with Crippen molar-refractivity contribution in [3.05, 3.63) is 0 Å². The number of aliphatic hydroxyl groups excluding tert-OH is 1. The standard InChI is InChI=1S/C11H19N3O7S/c1-5(15)9(10(19)13-4-7(16)17)14-22-8(18)3-2-6(12)11(20)21/h5-6,9,14-15H,2-4,12H2,1H3,(H,13,19)(H,16,17)(H,20,21). The van der Waals surface area contributed by atoms with E-state index in [-0.39, 0.29) is 12.8 Å². The third kappa shape index (κ3) is 8.56. The first kappa shape index (κ1) is 20.3. The second-order valence-electron chi connectivity index (χ2n) is 4.41. The number of hydrogen-bond donors (Lipinski definition) is 6. The zero-order chi connectivity index (χ0) is 17.3. The lowest BCUT2D eigenvalue weighted by Crippen LogP contribution is -2.49. The van der Waals surface area contributed by atoms with Crippen molar-refractivity contribution in [2.24, 2.45) is 5.73 Å². The molecule has 1 amide bonds. The van der Waals surface area contributed by atoms with Crippen molar-refractivity contribution in [1.82, 2.24) is 10.0 Å². The topological polar surface area (TPSA) is 179 Å². The summed E-state index contributed by atoms with van der Waals surface area (Å²) in [6.45, 7) is 0.680. The molecule has 10 nitrogen and oxygen atoms in total. The molecule has 0 aromatic heterocycles. The minimum absolute atomic E-state index is 0.0621. The summed E-state index contributed by atoms with van der Waals surface area (Å²) < 4.78 is 2.42. The van der Waals surface area contributed by atoms with Crippen LogP contribution in [0.4, 0.5) is 0 Å². The van der Waals surface area contributed by atoms with Gasteiger partial charge in [-0.15, -0.1) is 0 Å². The summed E-state index contributed by atoms with van der Waals surface area (Å²) in [5.41, 5.74) is 5.24. The van der Waals surface area contributed by atoms with Gasteiger partial charge in [0.15, 0.2) is 0 Å². The van der Waals surface area contributed by atoms with Crippen molar-refractivity contribution in [2.75, 3.05) is 6.54 Å². The molecular formula is C11H19N3O7S. The number of rotatable bonds is 10. The Bertz CT molecular complexity index is 430. The van der Waals surface area contributed by atoms with Crippen molar-refractivity contribution in [3.63, 3.8) is 0 Å². The maximum atomic E-state index is 11.6. The zero-order valence-corrected chi connectivity index (χ0v) is 12.6. The first-order valence-corrected chi connectivity index (χ1v) is 7.08. The molecule has 126 valence electrons. The monoisotopic (exact) mass is 337 g/mol. The summed E-state index contributed by atoms with van der Waals surface area (Å²) in [6.07, 6.45) is -1.36. The lowest BCUT2D eigenvalue weighted by atomic mass is 10.2. The predicted molar refractivity (Wildman–Crippen MR) is 76.7 cm³/mol. The van der Waals surface area contributed by atoms with Crippen LogP contribution >= 0.6 is 11.9 Å². The van der Waals surface area contributed by atoms with Crippen LogP contribution in [0, 0.1) is 0 Å². The van der Waals surface area contributed by atoms with E-state index in [1.54, 1.807) is 0 Å². The van der Waals surface area contributed by atoms with Crippen LogP contribution in [0.1, 0.15) is 19.8 Å². The van der Waals surface area contributed by atoms with Crippen molar-refractivity contribution >= 4 is 34.9 Å². The number of hydrogen-bond acceptors (Lipinski definition) is 8. The van der Waals surface area contributed by atoms with Gasteiger partial charge in [-0.05, 0) is 25.3 Å². The van der Waals surface area contributed by atoms with E-state index in [1.165, 1.54) is 6.92 Å². The summed E-state index contributed by atoms with van der Waals surface area (Å²) in [5.74, 6) is -3.25. The number of nitrogens with two attached hydrogens (primary N) is 1. The third-order valence-electron chi connectivity index (χ3n) is 2.46. The Balaban J connectivity index is 4.29. The van der Waals surface area contributed by atoms with E-state index in [0.29, 0.717) is 11.9 Å². The van der Waals surface area contributed by atoms with Gasteiger partial charge in [0, 0.05) is 6.42 Å². The fourth-order valence-electron chi connectivity index (χ4n) is 1.22. The maximum absolute atomic E-state index is 11.6. The van der Waals surface area contributed by atoms with Gasteiger partial charge in [0.05, 0.1) is 6.10 Å². The lowest BCUT2D eigenvalue weighted by molar-refractivity contribution is -0.139. The first-order valence-electron chi connectivity index (χ1n) is 6.26. The molecule has 0 heterocycles. The van der Waals surface area contributed by atoms with E-state index in [9.17, 15) is 24.3 Å². The Kier molecular flexibility index (Phi) is 9.33. The van der Waals surface area contributed by atoms with Crippen LogP contribution in [-0.2, 0) is 19.2 Å². The number of carboxylic acid groups (broad SMARTS) is 2. The number of carbonyl (C=O) groups excluding carboxylic acids is 2. The molecule has 3 atom stereocenters. The highest BCUT2D eigenvalue weighted by atomic mass is 32.2. The van der Waals surface area contributed by atoms with Gasteiger partial charge < -0.3 is 26.4 Å². The van der Waals surface area contributed by atoms with E-state index in [1.807, 2.05) is 0 Å². The molecule has 11 heteroatoms. The minimum atomic E-state index is -1.25. The Morgan fingerprint density at radius 2 is 1.82 bits per heavy atom. The first-order chi connectivity index (χ1) is 10.1. The Hall–Kier alpha value is -1.69. The molecule has 0 aliphatic rings. The molecule has 0 saturated carbocycles. The molecule has 0 radical (unpaired) electrons. The summed E-state index contributed by atoms with van der Waals surface area (Å²) in [5, 5.41) is 28.1. The Morgan fingerprint density at radius 1 is 1.23 bits per heavy atom. The number of carbonyl (C=O) groups is 4. The molecule has 0 aromatic rings. The van der Waals surface area contributed by atoms with Gasteiger partial charge in [0.1, 0.15) is 18.6 Å². The van der Waals surface area contributed by atoms with Gasteiger partial charge >= 0.3 is 11.9 Å². The summed E-state index contributed by atoms with van der Waals surface area (Å²) in [6, 6.07) is -2.35. The van der Waals surface area contributed by atoms with E-state index in [0.717, 1.165) is 0 Å². The van der Waals surface area contributed by atoms with Crippen LogP contribution in [-0.4, -0.2) is 63.0 Å². The van der Waals surface area contributed by atoms with Crippen molar-refractivity contribution in [3.8, 4) is 0 Å². The minimum Gasteiger partial charge on any atom is -0.480 e. The Morgan fingerprint density at radius 3 is 2.27 bits per heavy atom. The average molecular weight is 337 g/mol. The number of aliphatic hydroxyl groups is 1. The molecule has 0 spiro atoms. The molecule has 7 N–H and O–H groups in total. The van der Waals surface area contributed by atoms with Crippen LogP contribution in [0.2, 0.25) is 0 Å². The van der Waals surface area contributed by atoms with Crippen LogP contribution in [0.5, 0.6) is 0 Å². The SMILES string of the molecule is CC(O)C(NSC(=O)CCC(N)C(=O)O)C(=O)NCC(=O)O. The average Bonchev–Trinajstić information content (AvgIpc) is 2.41. The second kappa shape index (κ2) is 10.1. The van der Waals surface area contributed by atoms with Gasteiger partial charge in [-0.25, -0.2) is 4.72 Å². The number of carboxylic acids is 2. The summed E-state index contributed by atoms with van der Waals surface area (Å²) >= 11 is 0.523. The molecule has 0 saturated heterocycles. The summed E-state index contributed by atoms with van der Waals surface area (Å²) in [4.78, 5) is 44.0. The van der Waals surface area contributed by atoms with Crippen LogP contribution in [0.3, 0.4) is 0 Å². The largest absolute Gasteiger partial charge is 0.480 e. The Labute approximate surface area is 130 Å². The van der Waals surface area contributed by atoms with Gasteiger partial charge in [-0.1, -0.05) is 0 Å². The number of aliphatic carboxylic acids is 2. The fourth-order valence-corrected chi connectivity index (χ4v) is 2.00. The molecular weight excluding hydrogens is 318 g/mol. The van der Waals surface area contributed by atoms with Crippen molar-refractivity contribution < 1.29 is 34.5 Å². The summed E-state index contributed by atoms with van der Waals surface area (Å²) in [7, 11) is 0. The smallest absolute Gasteiger partial charge is 0.322 e. The van der Waals surface area contributed by atoms with Crippen molar-refractivity contribution in [1.29, 1.82) is 0 Å². The molecule has 0 rings (SSSR count). The predicted octanol–water partition coefficient (Wildman–Crippen LogP) is -2.11. The van der Waals surface area contributed by atoms with Gasteiger partial charge in [0.25, 0.3) is 0 Å². The lowest BCUT2D eigenvalue weighted by Gasteiger charge is -2.19. The van der Waals surface area contributed by atoms with E-state index in [2.05, 4.69) is 10.0 Å². The molecule has 0 bridgehead atoms. The number of nitrogens with one attached hydrogen (secondary N) is 2. The quantitative estimate of drug-likeness (QED) is 0.242. The second-order valence-corrected chi connectivity index (χ2v) is 5.30. The molecule has 3 unspecified atom stereocenters. The van der Waals surface area contributed by atoms with Gasteiger partial charge in [0.2, 0.25) is 11.0 Å². The van der Waals surface area contributed by atoms with Gasteiger partial charge in [-0.2, -0.15) is 0 Å². The molecule has 0 aliphatic carbocycles. The van der Waals surface area contributed by atoms with E-state index < -0.39 is 47.7 Å². The maximum Gasteiger partial charge on any atom is 0.322 e. The normalized spacial score (nSPS) is 14.7.